The number of esters is 1. The first-order valence-electron chi connectivity index (χ1n) is 35.9. The molecule has 0 saturated carbocycles. The summed E-state index contributed by atoms with van der Waals surface area (Å²) in [4.78, 5) is 24.6. The second-order valence-corrected chi connectivity index (χ2v) is 24.6. The maximum Gasteiger partial charge on any atom is 0.305 e. The molecule has 80 heavy (non-hydrogen) atoms. The number of hydrogen-bond acceptors (Lipinski definition) is 5. The molecule has 0 aliphatic rings. The van der Waals surface area contributed by atoms with Gasteiger partial charge in [0.2, 0.25) is 5.91 Å². The number of unbranched alkanes of at least 4 members (excludes halogenated alkanes) is 50. The largest absolute Gasteiger partial charge is 0.466 e. The van der Waals surface area contributed by atoms with E-state index in [-0.39, 0.29) is 18.5 Å². The van der Waals surface area contributed by atoms with Crippen molar-refractivity contribution in [3.8, 4) is 0 Å². The van der Waals surface area contributed by atoms with E-state index in [0.717, 1.165) is 51.4 Å². The van der Waals surface area contributed by atoms with Gasteiger partial charge in [0.1, 0.15) is 0 Å². The first-order valence-corrected chi connectivity index (χ1v) is 35.9. The summed E-state index contributed by atoms with van der Waals surface area (Å²) in [6.07, 6.45) is 90.4. The van der Waals surface area contributed by atoms with Crippen LogP contribution in [0, 0.1) is 0 Å². The molecule has 0 rings (SSSR count). The molecule has 2 atom stereocenters. The minimum Gasteiger partial charge on any atom is -0.466 e. The van der Waals surface area contributed by atoms with E-state index < -0.39 is 12.1 Å². The summed E-state index contributed by atoms with van der Waals surface area (Å²) in [6.45, 7) is 4.92. The van der Waals surface area contributed by atoms with Gasteiger partial charge in [0, 0.05) is 12.8 Å². The van der Waals surface area contributed by atoms with E-state index in [4.69, 9.17) is 4.74 Å². The summed E-state index contributed by atoms with van der Waals surface area (Å²) in [5.41, 5.74) is 0. The highest BCUT2D eigenvalue weighted by atomic mass is 16.5. The normalized spacial score (nSPS) is 12.8. The van der Waals surface area contributed by atoms with Gasteiger partial charge in [0.15, 0.2) is 0 Å². The zero-order valence-electron chi connectivity index (χ0n) is 53.8. The third-order valence-electron chi connectivity index (χ3n) is 16.6. The zero-order chi connectivity index (χ0) is 57.8. The number of nitrogens with one attached hydrogen (secondary N) is 1. The highest BCUT2D eigenvalue weighted by Gasteiger charge is 2.18. The maximum absolute atomic E-state index is 12.5. The van der Waals surface area contributed by atoms with Crippen molar-refractivity contribution in [3.63, 3.8) is 0 Å². The Labute approximate surface area is 499 Å². The number of rotatable bonds is 67. The number of amides is 1. The van der Waals surface area contributed by atoms with Crippen LogP contribution in [-0.4, -0.2) is 47.4 Å². The third-order valence-corrected chi connectivity index (χ3v) is 16.6. The topological polar surface area (TPSA) is 95.9 Å². The summed E-state index contributed by atoms with van der Waals surface area (Å²) in [6, 6.07) is -0.634. The second-order valence-electron chi connectivity index (χ2n) is 24.6. The van der Waals surface area contributed by atoms with Gasteiger partial charge in [-0.05, 0) is 89.9 Å². The van der Waals surface area contributed by atoms with Crippen molar-refractivity contribution in [3.05, 3.63) is 48.6 Å². The SMILES string of the molecule is CCCCCCCC/C=C\CCCCCCCCCCCC(=O)OCCCCCCCCCCC/C=C\C/C=C\CCCCCCCCCCCC(=O)NC(CO)C(O)/C=C/CCCCCCCCCCCCCCCCCCC. The van der Waals surface area contributed by atoms with E-state index >= 15 is 0 Å². The van der Waals surface area contributed by atoms with Crippen molar-refractivity contribution in [1.29, 1.82) is 0 Å². The van der Waals surface area contributed by atoms with Gasteiger partial charge in [0.05, 0.1) is 25.4 Å². The second kappa shape index (κ2) is 69.3. The molecule has 0 radical (unpaired) electrons. The smallest absolute Gasteiger partial charge is 0.305 e. The van der Waals surface area contributed by atoms with Gasteiger partial charge >= 0.3 is 5.97 Å². The number of carbonyl (C=O) groups is 2. The van der Waals surface area contributed by atoms with Gasteiger partial charge in [-0.15, -0.1) is 0 Å². The van der Waals surface area contributed by atoms with Gasteiger partial charge in [-0.25, -0.2) is 0 Å². The van der Waals surface area contributed by atoms with E-state index in [1.165, 1.54) is 308 Å². The van der Waals surface area contributed by atoms with Gasteiger partial charge in [-0.3, -0.25) is 9.59 Å². The average molecular weight is 1120 g/mol. The molecule has 470 valence electrons. The van der Waals surface area contributed by atoms with Gasteiger partial charge in [0.25, 0.3) is 0 Å². The lowest BCUT2D eigenvalue weighted by Gasteiger charge is -2.20. The van der Waals surface area contributed by atoms with E-state index in [9.17, 15) is 19.8 Å². The lowest BCUT2D eigenvalue weighted by Crippen LogP contribution is -2.45. The molecule has 2 unspecified atom stereocenters. The number of allylic oxidation sites excluding steroid dienone is 7. The van der Waals surface area contributed by atoms with Crippen LogP contribution in [0.5, 0.6) is 0 Å². The van der Waals surface area contributed by atoms with Crippen LogP contribution >= 0.6 is 0 Å². The predicted molar refractivity (Wildman–Crippen MR) is 352 cm³/mol. The number of ether oxygens (including phenoxy) is 1. The molecule has 0 aromatic heterocycles. The highest BCUT2D eigenvalue weighted by Crippen LogP contribution is 2.18. The van der Waals surface area contributed by atoms with Crippen LogP contribution in [0.15, 0.2) is 48.6 Å². The predicted octanol–water partition coefficient (Wildman–Crippen LogP) is 23.3. The molecule has 3 N–H and O–H groups in total. The minimum absolute atomic E-state index is 0.00844. The van der Waals surface area contributed by atoms with Crippen LogP contribution in [0.3, 0.4) is 0 Å². The quantitative estimate of drug-likeness (QED) is 0.0320. The Morgan fingerprint density at radius 1 is 0.350 bits per heavy atom. The summed E-state index contributed by atoms with van der Waals surface area (Å²) in [5, 5.41) is 23.2. The van der Waals surface area contributed by atoms with E-state index in [0.29, 0.717) is 19.4 Å². The number of aliphatic hydroxyl groups excluding tert-OH is 2. The van der Waals surface area contributed by atoms with Gasteiger partial charge in [-0.1, -0.05) is 332 Å². The maximum atomic E-state index is 12.5. The van der Waals surface area contributed by atoms with Crippen LogP contribution in [0.25, 0.3) is 0 Å². The standard InChI is InChI=1S/C74H139NO5/c1-3-5-7-9-11-13-15-17-19-21-30-34-38-42-46-50-54-58-62-66-72(77)71(70-76)75-73(78)67-63-59-55-51-47-43-39-35-32-28-26-24-23-25-27-29-33-37-41-45-49-53-57-61-65-69-80-74(79)68-64-60-56-52-48-44-40-36-31-22-20-18-16-14-12-10-8-6-4-2/h18,20,24-27,62,66,71-72,76-77H,3-17,19,21-23,28-61,63-65,67-70H2,1-2H3,(H,75,78)/b20-18-,26-24-,27-25-,66-62+. The Kier molecular flexibility index (Phi) is 67.4. The fourth-order valence-electron chi connectivity index (χ4n) is 11.1. The molecule has 0 fully saturated rings. The monoisotopic (exact) mass is 1120 g/mol. The first kappa shape index (κ1) is 77.8. The lowest BCUT2D eigenvalue weighted by atomic mass is 10.0. The van der Waals surface area contributed by atoms with Crippen LogP contribution < -0.4 is 5.32 Å². The molecule has 1 amide bonds. The first-order chi connectivity index (χ1) is 39.5. The molecule has 0 saturated heterocycles. The zero-order valence-corrected chi connectivity index (χ0v) is 53.8. The van der Waals surface area contributed by atoms with E-state index in [1.807, 2.05) is 6.08 Å². The molecule has 0 heterocycles. The lowest BCUT2D eigenvalue weighted by molar-refractivity contribution is -0.143. The fourth-order valence-corrected chi connectivity index (χ4v) is 11.1. The van der Waals surface area contributed by atoms with Crippen molar-refractivity contribution < 1.29 is 24.5 Å². The van der Waals surface area contributed by atoms with Crippen molar-refractivity contribution in [2.24, 2.45) is 0 Å². The molecule has 0 bridgehead atoms. The molecule has 0 spiro atoms. The molecule has 6 nitrogen and oxygen atoms in total. The van der Waals surface area contributed by atoms with Crippen LogP contribution in [-0.2, 0) is 14.3 Å². The Morgan fingerprint density at radius 3 is 0.963 bits per heavy atom. The molecule has 0 aliphatic carbocycles. The molecule has 0 aromatic carbocycles. The van der Waals surface area contributed by atoms with Crippen LogP contribution in [0.2, 0.25) is 0 Å². The van der Waals surface area contributed by atoms with Gasteiger partial charge < -0.3 is 20.3 Å². The highest BCUT2D eigenvalue weighted by molar-refractivity contribution is 5.76. The summed E-state index contributed by atoms with van der Waals surface area (Å²) in [7, 11) is 0. The third kappa shape index (κ3) is 65.0. The van der Waals surface area contributed by atoms with Crippen molar-refractivity contribution in [1.82, 2.24) is 5.32 Å². The van der Waals surface area contributed by atoms with E-state index in [2.05, 4.69) is 55.6 Å². The van der Waals surface area contributed by atoms with Crippen molar-refractivity contribution in [2.75, 3.05) is 13.2 Å². The number of carbonyl (C=O) groups excluding carboxylic acids is 2. The average Bonchev–Trinajstić information content (AvgIpc) is 3.46. The van der Waals surface area contributed by atoms with Crippen LogP contribution in [0.4, 0.5) is 0 Å². The Morgan fingerprint density at radius 2 is 0.625 bits per heavy atom. The molecule has 0 aliphatic heterocycles. The van der Waals surface area contributed by atoms with Gasteiger partial charge in [-0.2, -0.15) is 0 Å². The van der Waals surface area contributed by atoms with Crippen LogP contribution in [0.1, 0.15) is 386 Å². The fraction of sp³-hybridized carbons (Fsp3) is 0.865. The summed E-state index contributed by atoms with van der Waals surface area (Å²) >= 11 is 0. The summed E-state index contributed by atoms with van der Waals surface area (Å²) < 4.78 is 5.50. The number of aliphatic hydroxyl groups is 2. The molecule has 0 aromatic rings. The Balaban J connectivity index is 3.44. The summed E-state index contributed by atoms with van der Waals surface area (Å²) in [5.74, 6) is -0.0631. The molecular weight excluding hydrogens is 983 g/mol. The Bertz CT molecular complexity index is 1340. The minimum atomic E-state index is -0.850. The molecular formula is C74H139NO5. The number of hydrogen-bond donors (Lipinski definition) is 3. The van der Waals surface area contributed by atoms with E-state index in [1.54, 1.807) is 6.08 Å². The van der Waals surface area contributed by atoms with Crippen molar-refractivity contribution >= 4 is 11.9 Å². The molecule has 6 heteroatoms. The Hall–Kier alpha value is -2.18. The van der Waals surface area contributed by atoms with Crippen molar-refractivity contribution in [2.45, 2.75) is 398 Å².